The second-order valence-electron chi connectivity index (χ2n) is 9.48. The van der Waals surface area contributed by atoms with E-state index in [0.29, 0.717) is 16.7 Å². The average Bonchev–Trinajstić information content (AvgIpc) is 2.94. The smallest absolute Gasteiger partial charge is 0.251 e. The van der Waals surface area contributed by atoms with E-state index in [9.17, 15) is 19.8 Å². The van der Waals surface area contributed by atoms with E-state index in [4.69, 9.17) is 5.73 Å². The minimum Gasteiger partial charge on any atom is -0.504 e. The number of fused-ring (bicyclic) bond motifs is 1. The van der Waals surface area contributed by atoms with Gasteiger partial charge in [0.25, 0.3) is 5.91 Å². The van der Waals surface area contributed by atoms with Crippen molar-refractivity contribution >= 4 is 17.5 Å². The molecular formula is C31H29N3O4. The van der Waals surface area contributed by atoms with Gasteiger partial charge in [-0.2, -0.15) is 0 Å². The summed E-state index contributed by atoms with van der Waals surface area (Å²) in [4.78, 5) is 26.9. The predicted octanol–water partition coefficient (Wildman–Crippen LogP) is 4.75. The number of amides is 2. The number of anilines is 1. The number of nitrogens with two attached hydrogens (primary N) is 1. The maximum absolute atomic E-state index is 12.8. The Morgan fingerprint density at radius 1 is 0.868 bits per heavy atom. The topological polar surface area (TPSA) is 116 Å². The van der Waals surface area contributed by atoms with Gasteiger partial charge in [0, 0.05) is 36.4 Å². The van der Waals surface area contributed by atoms with Gasteiger partial charge >= 0.3 is 0 Å². The lowest BCUT2D eigenvalue weighted by Crippen LogP contribution is -2.29. The molecule has 4 aromatic carbocycles. The van der Waals surface area contributed by atoms with Crippen LogP contribution in [-0.2, 0) is 19.5 Å². The van der Waals surface area contributed by atoms with E-state index < -0.39 is 5.91 Å². The third kappa shape index (κ3) is 5.32. The van der Waals surface area contributed by atoms with Crippen LogP contribution in [-0.4, -0.2) is 28.6 Å². The van der Waals surface area contributed by atoms with Gasteiger partial charge in [0.2, 0.25) is 5.91 Å². The van der Waals surface area contributed by atoms with Crippen molar-refractivity contribution in [1.29, 1.82) is 0 Å². The van der Waals surface area contributed by atoms with E-state index in [1.165, 1.54) is 12.1 Å². The molecule has 0 atom stereocenters. The Bertz CT molecular complexity index is 1500. The summed E-state index contributed by atoms with van der Waals surface area (Å²) in [5, 5.41) is 22.0. The Hall–Kier alpha value is -4.78. The van der Waals surface area contributed by atoms with Crippen LogP contribution >= 0.6 is 0 Å². The van der Waals surface area contributed by atoms with Crippen LogP contribution in [0.1, 0.15) is 43.8 Å². The molecule has 0 bridgehead atoms. The minimum atomic E-state index is -0.442. The summed E-state index contributed by atoms with van der Waals surface area (Å²) < 4.78 is 0. The summed E-state index contributed by atoms with van der Waals surface area (Å²) in [6.07, 6.45) is 1.90. The Morgan fingerprint density at radius 3 is 2.39 bits per heavy atom. The van der Waals surface area contributed by atoms with Crippen LogP contribution in [0.3, 0.4) is 0 Å². The number of phenols is 2. The number of primary amides is 1. The number of hydrogen-bond acceptors (Lipinski definition) is 5. The quantitative estimate of drug-likeness (QED) is 0.270. The number of phenolic OH excluding ortho intramolecular Hbond substituents is 2. The molecule has 192 valence electrons. The van der Waals surface area contributed by atoms with Crippen molar-refractivity contribution in [2.24, 2.45) is 5.73 Å². The molecule has 1 aliphatic heterocycles. The van der Waals surface area contributed by atoms with Crippen molar-refractivity contribution in [3.8, 4) is 22.6 Å². The number of nitrogens with zero attached hydrogens (tertiary/aromatic N) is 1. The molecule has 38 heavy (non-hydrogen) atoms. The molecule has 4 aromatic rings. The van der Waals surface area contributed by atoms with Crippen molar-refractivity contribution in [2.45, 2.75) is 25.9 Å². The summed E-state index contributed by atoms with van der Waals surface area (Å²) in [5.74, 6) is -1.04. The monoisotopic (exact) mass is 507 g/mol. The molecule has 7 nitrogen and oxygen atoms in total. The van der Waals surface area contributed by atoms with E-state index in [-0.39, 0.29) is 24.0 Å². The molecular weight excluding hydrogens is 478 g/mol. The van der Waals surface area contributed by atoms with Crippen LogP contribution in [0.25, 0.3) is 11.1 Å². The number of aromatic hydroxyl groups is 2. The highest BCUT2D eigenvalue weighted by Crippen LogP contribution is 2.31. The zero-order chi connectivity index (χ0) is 26.6. The van der Waals surface area contributed by atoms with E-state index in [2.05, 4.69) is 22.3 Å². The number of aryl methyl sites for hydroxylation is 1. The predicted molar refractivity (Wildman–Crippen MR) is 147 cm³/mol. The Balaban J connectivity index is 1.27. The highest BCUT2D eigenvalue weighted by molar-refractivity contribution is 5.99. The fourth-order valence-electron chi connectivity index (χ4n) is 4.90. The molecule has 0 saturated heterocycles. The zero-order valence-electron chi connectivity index (χ0n) is 20.9. The van der Waals surface area contributed by atoms with Gasteiger partial charge in [0.1, 0.15) is 0 Å². The molecule has 0 fully saturated rings. The normalized spacial score (nSPS) is 12.6. The molecule has 0 spiro atoms. The first-order chi connectivity index (χ1) is 18.4. The molecule has 2 amide bonds. The summed E-state index contributed by atoms with van der Waals surface area (Å²) in [6.45, 7) is 1.91. The fourth-order valence-corrected chi connectivity index (χ4v) is 4.90. The van der Waals surface area contributed by atoms with Crippen LogP contribution in [0.2, 0.25) is 0 Å². The van der Waals surface area contributed by atoms with Crippen molar-refractivity contribution in [3.05, 3.63) is 113 Å². The van der Waals surface area contributed by atoms with Gasteiger partial charge in [0.15, 0.2) is 11.5 Å². The third-order valence-corrected chi connectivity index (χ3v) is 6.88. The van der Waals surface area contributed by atoms with Crippen LogP contribution in [0.15, 0.2) is 84.9 Å². The van der Waals surface area contributed by atoms with E-state index in [1.54, 1.807) is 12.1 Å². The molecule has 1 heterocycles. The lowest BCUT2D eigenvalue weighted by Gasteiger charge is -2.32. The first-order valence-corrected chi connectivity index (χ1v) is 12.5. The molecule has 1 aliphatic rings. The maximum atomic E-state index is 12.8. The Labute approximate surface area is 221 Å². The average molecular weight is 508 g/mol. The van der Waals surface area contributed by atoms with Crippen LogP contribution < -0.4 is 16.0 Å². The minimum absolute atomic E-state index is 0.190. The molecule has 0 radical (unpaired) electrons. The second-order valence-corrected chi connectivity index (χ2v) is 9.48. The summed E-state index contributed by atoms with van der Waals surface area (Å²) >= 11 is 0. The van der Waals surface area contributed by atoms with Gasteiger partial charge in [-0.3, -0.25) is 9.59 Å². The number of benzene rings is 4. The van der Waals surface area contributed by atoms with Crippen LogP contribution in [0.4, 0.5) is 5.69 Å². The van der Waals surface area contributed by atoms with Crippen molar-refractivity contribution in [3.63, 3.8) is 0 Å². The van der Waals surface area contributed by atoms with Gasteiger partial charge in [-0.25, -0.2) is 0 Å². The third-order valence-electron chi connectivity index (χ3n) is 6.88. The van der Waals surface area contributed by atoms with E-state index in [0.717, 1.165) is 53.9 Å². The van der Waals surface area contributed by atoms with E-state index in [1.807, 2.05) is 48.5 Å². The highest BCUT2D eigenvalue weighted by Gasteiger charge is 2.19. The van der Waals surface area contributed by atoms with Gasteiger partial charge in [-0.15, -0.1) is 0 Å². The molecule has 0 aliphatic carbocycles. The Kier molecular flexibility index (Phi) is 7.00. The van der Waals surface area contributed by atoms with Crippen LogP contribution in [0, 0.1) is 0 Å². The lowest BCUT2D eigenvalue weighted by atomic mass is 9.97. The van der Waals surface area contributed by atoms with Gasteiger partial charge in [-0.05, 0) is 77.1 Å². The first kappa shape index (κ1) is 24.9. The number of hydrogen-bond donors (Lipinski definition) is 4. The lowest BCUT2D eigenvalue weighted by molar-refractivity contribution is 0.0949. The molecule has 0 saturated carbocycles. The fraction of sp³-hybridized carbons (Fsp3) is 0.161. The van der Waals surface area contributed by atoms with Gasteiger partial charge in [-0.1, -0.05) is 48.5 Å². The molecule has 5 N–H and O–H groups in total. The summed E-state index contributed by atoms with van der Waals surface area (Å²) in [6, 6.07) is 25.8. The summed E-state index contributed by atoms with van der Waals surface area (Å²) in [7, 11) is 0. The highest BCUT2D eigenvalue weighted by atomic mass is 16.3. The van der Waals surface area contributed by atoms with Crippen LogP contribution in [0.5, 0.6) is 11.5 Å². The number of rotatable bonds is 7. The number of carbonyl (C=O) groups excluding carboxylic acids is 2. The molecule has 5 rings (SSSR count). The number of carbonyl (C=O) groups is 2. The zero-order valence-corrected chi connectivity index (χ0v) is 20.9. The maximum Gasteiger partial charge on any atom is 0.251 e. The van der Waals surface area contributed by atoms with E-state index >= 15 is 0 Å². The molecule has 7 heteroatoms. The Morgan fingerprint density at radius 2 is 1.63 bits per heavy atom. The van der Waals surface area contributed by atoms with Crippen molar-refractivity contribution in [1.82, 2.24) is 5.32 Å². The largest absolute Gasteiger partial charge is 0.504 e. The van der Waals surface area contributed by atoms with Crippen molar-refractivity contribution in [2.75, 3.05) is 11.4 Å². The van der Waals surface area contributed by atoms with Gasteiger partial charge < -0.3 is 26.2 Å². The standard InChI is InChI=1S/C31H29N3O4/c32-30(37)26-6-2-1-5-25(26)22-10-7-20(8-11-22)19-34-15-3-4-23-17-24(12-13-27(23)34)31(38)33-18-21-9-14-28(35)29(36)16-21/h1-2,5-14,16-17,35-36H,3-4,15,18-19H2,(H2,32,37)(H,33,38). The second kappa shape index (κ2) is 10.7. The SMILES string of the molecule is NC(=O)c1ccccc1-c1ccc(CN2CCCc3cc(C(=O)NCc4ccc(O)c(O)c4)ccc32)cc1. The first-order valence-electron chi connectivity index (χ1n) is 12.5. The summed E-state index contributed by atoms with van der Waals surface area (Å²) in [5.41, 5.74) is 12.5. The number of nitrogens with one attached hydrogen (secondary N) is 1. The van der Waals surface area contributed by atoms with Gasteiger partial charge in [0.05, 0.1) is 0 Å². The molecule has 0 unspecified atom stereocenters. The molecule has 0 aromatic heterocycles. The van der Waals surface area contributed by atoms with Crippen molar-refractivity contribution < 1.29 is 19.8 Å².